The Bertz CT molecular complexity index is 366. The molecule has 0 saturated carbocycles. The van der Waals surface area contributed by atoms with E-state index in [1.54, 1.807) is 7.11 Å². The molecule has 0 heterocycles. The Morgan fingerprint density at radius 2 is 2.25 bits per heavy atom. The Balaban J connectivity index is 3.02. The fourth-order valence-electron chi connectivity index (χ4n) is 1.79. The summed E-state index contributed by atoms with van der Waals surface area (Å²) in [6.45, 7) is 2.57. The normalized spacial score (nSPS) is 9.88. The van der Waals surface area contributed by atoms with Gasteiger partial charge in [0.1, 0.15) is 13.6 Å². The first-order valence-corrected chi connectivity index (χ1v) is 5.56. The minimum absolute atomic E-state index is 0.559. The smallest absolute Gasteiger partial charge is 0.207 e. The molecule has 0 spiro atoms. The lowest BCUT2D eigenvalue weighted by Crippen LogP contribution is -2.11. The van der Waals surface area contributed by atoms with E-state index in [0.29, 0.717) is 6.54 Å². The van der Waals surface area contributed by atoms with E-state index >= 15 is 0 Å². The second-order valence-electron chi connectivity index (χ2n) is 3.83. The van der Waals surface area contributed by atoms with Crippen LogP contribution in [0.15, 0.2) is 12.1 Å². The maximum absolute atomic E-state index is 10.3. The van der Waals surface area contributed by atoms with Gasteiger partial charge >= 0.3 is 0 Å². The highest BCUT2D eigenvalue weighted by atomic mass is 16.5. The van der Waals surface area contributed by atoms with Crippen molar-refractivity contribution >= 4 is 14.3 Å². The molecule has 3 nitrogen and oxygen atoms in total. The fourth-order valence-corrected chi connectivity index (χ4v) is 1.79. The van der Waals surface area contributed by atoms with Gasteiger partial charge in [0.15, 0.2) is 0 Å². The van der Waals surface area contributed by atoms with Crippen LogP contribution in [0, 0.1) is 6.92 Å². The molecule has 1 rings (SSSR count). The first-order chi connectivity index (χ1) is 7.72. The van der Waals surface area contributed by atoms with E-state index in [9.17, 15) is 4.79 Å². The lowest BCUT2D eigenvalue weighted by Gasteiger charge is -2.13. The van der Waals surface area contributed by atoms with Crippen LogP contribution in [0.4, 0.5) is 0 Å². The summed E-state index contributed by atoms with van der Waals surface area (Å²) in [6.07, 6.45) is 2.86. The van der Waals surface area contributed by atoms with Crippen molar-refractivity contribution < 1.29 is 9.53 Å². The molecule has 0 aliphatic rings. The minimum Gasteiger partial charge on any atom is -0.496 e. The monoisotopic (exact) mass is 219 g/mol. The number of benzene rings is 1. The van der Waals surface area contributed by atoms with Gasteiger partial charge in [-0.25, -0.2) is 0 Å². The average Bonchev–Trinajstić information content (AvgIpc) is 2.29. The second-order valence-corrected chi connectivity index (χ2v) is 3.83. The third-order valence-corrected chi connectivity index (χ3v) is 2.66. The zero-order valence-electron chi connectivity index (χ0n) is 10.2. The van der Waals surface area contributed by atoms with Crippen molar-refractivity contribution in [3.05, 3.63) is 28.8 Å². The van der Waals surface area contributed by atoms with Crippen LogP contribution < -0.4 is 10.1 Å². The average molecular weight is 219 g/mol. The standard InChI is InChI=1S/C12H18BNO2/c1-9-11(7-14-8-15)5-10(3-4-13)6-12(9)16-2/h5-6,8H,3-4,7,13H2,1-2H3,(H,14,15). The number of aryl methyl sites for hydroxylation is 1. The summed E-state index contributed by atoms with van der Waals surface area (Å²) in [4.78, 5) is 10.3. The molecule has 1 aromatic rings. The number of ether oxygens (including phenoxy) is 1. The topological polar surface area (TPSA) is 38.3 Å². The SMILES string of the molecule is BCCc1cc(CNC=O)c(C)c(OC)c1. The summed E-state index contributed by atoms with van der Waals surface area (Å²) < 4.78 is 5.34. The first-order valence-electron chi connectivity index (χ1n) is 5.56. The molecule has 0 bridgehead atoms. The van der Waals surface area contributed by atoms with E-state index in [4.69, 9.17) is 4.74 Å². The van der Waals surface area contributed by atoms with Gasteiger partial charge in [-0.15, -0.1) is 0 Å². The molecule has 0 unspecified atom stereocenters. The molecule has 1 N–H and O–H groups in total. The van der Waals surface area contributed by atoms with E-state index in [1.807, 2.05) is 6.92 Å². The van der Waals surface area contributed by atoms with Crippen LogP contribution in [-0.4, -0.2) is 21.4 Å². The van der Waals surface area contributed by atoms with E-state index in [1.165, 1.54) is 5.56 Å². The summed E-state index contributed by atoms with van der Waals surface area (Å²) in [6, 6.07) is 4.21. The number of hydrogen-bond acceptors (Lipinski definition) is 2. The van der Waals surface area contributed by atoms with Crippen molar-refractivity contribution in [2.24, 2.45) is 0 Å². The molecule has 86 valence electrons. The molecule has 0 aliphatic carbocycles. The number of amides is 1. The van der Waals surface area contributed by atoms with Gasteiger partial charge in [-0.1, -0.05) is 12.4 Å². The molecule has 4 heteroatoms. The van der Waals surface area contributed by atoms with Gasteiger partial charge in [0.25, 0.3) is 0 Å². The summed E-state index contributed by atoms with van der Waals surface area (Å²) in [7, 11) is 3.82. The van der Waals surface area contributed by atoms with Crippen LogP contribution in [0.1, 0.15) is 16.7 Å². The Morgan fingerprint density at radius 3 is 2.81 bits per heavy atom. The van der Waals surface area contributed by atoms with Gasteiger partial charge in [-0.2, -0.15) is 0 Å². The maximum atomic E-state index is 10.3. The number of hydrogen-bond donors (Lipinski definition) is 1. The van der Waals surface area contributed by atoms with Crippen molar-refractivity contribution in [3.8, 4) is 5.75 Å². The zero-order chi connectivity index (χ0) is 12.0. The molecule has 0 aromatic heterocycles. The Hall–Kier alpha value is -1.45. The molecule has 0 aliphatic heterocycles. The van der Waals surface area contributed by atoms with Crippen molar-refractivity contribution in [1.82, 2.24) is 5.32 Å². The van der Waals surface area contributed by atoms with E-state index < -0.39 is 0 Å². The van der Waals surface area contributed by atoms with E-state index in [-0.39, 0.29) is 0 Å². The maximum Gasteiger partial charge on any atom is 0.207 e. The molecule has 0 atom stereocenters. The molecule has 0 fully saturated rings. The molecule has 0 saturated heterocycles. The van der Waals surface area contributed by atoms with Gasteiger partial charge in [0.05, 0.1) is 7.11 Å². The highest BCUT2D eigenvalue weighted by molar-refractivity contribution is 6.08. The van der Waals surface area contributed by atoms with E-state index in [0.717, 1.165) is 36.0 Å². The van der Waals surface area contributed by atoms with Gasteiger partial charge in [0, 0.05) is 6.54 Å². The third kappa shape index (κ3) is 3.02. The predicted molar refractivity (Wildman–Crippen MR) is 67.7 cm³/mol. The number of carbonyl (C=O) groups excluding carboxylic acids is 1. The highest BCUT2D eigenvalue weighted by Gasteiger charge is 2.07. The van der Waals surface area contributed by atoms with Crippen LogP contribution >= 0.6 is 0 Å². The summed E-state index contributed by atoms with van der Waals surface area (Å²) in [5.41, 5.74) is 3.47. The summed E-state index contributed by atoms with van der Waals surface area (Å²) in [5.74, 6) is 0.897. The third-order valence-electron chi connectivity index (χ3n) is 2.66. The highest BCUT2D eigenvalue weighted by Crippen LogP contribution is 2.24. The number of nitrogens with one attached hydrogen (secondary N) is 1. The minimum atomic E-state index is 0.559. The Labute approximate surface area is 97.6 Å². The summed E-state index contributed by atoms with van der Waals surface area (Å²) >= 11 is 0. The van der Waals surface area contributed by atoms with Crippen molar-refractivity contribution in [2.45, 2.75) is 26.2 Å². The van der Waals surface area contributed by atoms with Crippen molar-refractivity contribution in [2.75, 3.05) is 7.11 Å². The molecule has 1 amide bonds. The number of carbonyl (C=O) groups is 1. The zero-order valence-corrected chi connectivity index (χ0v) is 10.2. The Morgan fingerprint density at radius 1 is 1.50 bits per heavy atom. The van der Waals surface area contributed by atoms with Crippen LogP contribution in [0.2, 0.25) is 6.32 Å². The molecule has 1 aromatic carbocycles. The van der Waals surface area contributed by atoms with Crippen LogP contribution in [-0.2, 0) is 17.8 Å². The number of methoxy groups -OCH3 is 1. The predicted octanol–water partition coefficient (Wildman–Crippen LogP) is 0.844. The van der Waals surface area contributed by atoms with Gasteiger partial charge < -0.3 is 10.1 Å². The molecular weight excluding hydrogens is 201 g/mol. The van der Waals surface area contributed by atoms with Crippen molar-refractivity contribution in [1.29, 1.82) is 0 Å². The van der Waals surface area contributed by atoms with Crippen LogP contribution in [0.3, 0.4) is 0 Å². The van der Waals surface area contributed by atoms with Crippen molar-refractivity contribution in [3.63, 3.8) is 0 Å². The largest absolute Gasteiger partial charge is 0.496 e. The molecular formula is C12H18BNO2. The lowest BCUT2D eigenvalue weighted by molar-refractivity contribution is -0.109. The molecule has 16 heavy (non-hydrogen) atoms. The summed E-state index contributed by atoms with van der Waals surface area (Å²) in [5, 5.41) is 2.69. The first kappa shape index (κ1) is 12.6. The van der Waals surface area contributed by atoms with Gasteiger partial charge in [0.2, 0.25) is 6.41 Å². The quantitative estimate of drug-likeness (QED) is 0.568. The van der Waals surface area contributed by atoms with E-state index in [2.05, 4.69) is 25.3 Å². The second kappa shape index (κ2) is 6.21. The van der Waals surface area contributed by atoms with Crippen LogP contribution in [0.25, 0.3) is 0 Å². The van der Waals surface area contributed by atoms with Gasteiger partial charge in [-0.05, 0) is 36.1 Å². The number of rotatable bonds is 6. The Kier molecular flexibility index (Phi) is 4.90. The fraction of sp³-hybridized carbons (Fsp3) is 0.417. The lowest BCUT2D eigenvalue weighted by atomic mass is 9.94. The molecule has 0 radical (unpaired) electrons. The van der Waals surface area contributed by atoms with Crippen LogP contribution in [0.5, 0.6) is 5.75 Å². The van der Waals surface area contributed by atoms with Gasteiger partial charge in [-0.3, -0.25) is 4.79 Å².